The van der Waals surface area contributed by atoms with Crippen molar-refractivity contribution in [2.75, 3.05) is 0 Å². The molecule has 2 heterocycles. The average Bonchev–Trinajstić information content (AvgIpc) is 3.01. The lowest BCUT2D eigenvalue weighted by atomic mass is 10.1. The second-order valence-electron chi connectivity index (χ2n) is 4.40. The molecule has 3 rings (SSSR count). The van der Waals surface area contributed by atoms with Gasteiger partial charge in [0.1, 0.15) is 5.69 Å². The number of halogens is 4. The van der Waals surface area contributed by atoms with Crippen LogP contribution in [-0.4, -0.2) is 19.9 Å². The quantitative estimate of drug-likeness (QED) is 0.768. The van der Waals surface area contributed by atoms with Crippen molar-refractivity contribution in [3.8, 4) is 22.9 Å². The van der Waals surface area contributed by atoms with E-state index in [4.69, 9.17) is 11.6 Å². The van der Waals surface area contributed by atoms with Crippen LogP contribution in [0.3, 0.4) is 0 Å². The summed E-state index contributed by atoms with van der Waals surface area (Å²) < 4.78 is 39.1. The molecule has 1 aromatic carbocycles. The number of alkyl halides is 3. The van der Waals surface area contributed by atoms with Gasteiger partial charge in [-0.2, -0.15) is 13.2 Å². The summed E-state index contributed by atoms with van der Waals surface area (Å²) in [5.74, 6) is 0.0473. The molecule has 3 aromatic rings. The van der Waals surface area contributed by atoms with Crippen molar-refractivity contribution >= 4 is 11.6 Å². The fourth-order valence-corrected chi connectivity index (χ4v) is 1.98. The highest BCUT2D eigenvalue weighted by Crippen LogP contribution is 2.31. The number of rotatable bonds is 2. The summed E-state index contributed by atoms with van der Waals surface area (Å²) in [5, 5.41) is 0.486. The lowest BCUT2D eigenvalue weighted by Gasteiger charge is -2.10. The van der Waals surface area contributed by atoms with Crippen molar-refractivity contribution in [1.29, 1.82) is 0 Å². The SMILES string of the molecule is FC(F)(F)c1cc(-c2ccc(Cl)cc2)nc(-c2ncc[nH]2)n1. The average molecular weight is 325 g/mol. The van der Waals surface area contributed by atoms with Crippen LogP contribution in [0.1, 0.15) is 5.69 Å². The van der Waals surface area contributed by atoms with E-state index in [2.05, 4.69) is 19.9 Å². The molecule has 112 valence electrons. The van der Waals surface area contributed by atoms with E-state index >= 15 is 0 Å². The van der Waals surface area contributed by atoms with Gasteiger partial charge >= 0.3 is 6.18 Å². The Labute approximate surface area is 128 Å². The van der Waals surface area contributed by atoms with Crippen molar-refractivity contribution in [2.45, 2.75) is 6.18 Å². The molecule has 0 atom stereocenters. The Balaban J connectivity index is 2.17. The molecular formula is C14H8ClF3N4. The summed E-state index contributed by atoms with van der Waals surface area (Å²) in [4.78, 5) is 14.3. The molecule has 1 N–H and O–H groups in total. The van der Waals surface area contributed by atoms with Gasteiger partial charge in [0, 0.05) is 23.0 Å². The summed E-state index contributed by atoms with van der Waals surface area (Å²) >= 11 is 5.79. The predicted octanol–water partition coefficient (Wildman–Crippen LogP) is 4.21. The minimum atomic E-state index is -4.58. The van der Waals surface area contributed by atoms with Crippen LogP contribution in [0.4, 0.5) is 13.2 Å². The van der Waals surface area contributed by atoms with E-state index in [-0.39, 0.29) is 17.3 Å². The van der Waals surface area contributed by atoms with Gasteiger partial charge in [0.2, 0.25) is 0 Å². The molecule has 0 aliphatic heterocycles. The van der Waals surface area contributed by atoms with Crippen molar-refractivity contribution in [1.82, 2.24) is 19.9 Å². The Morgan fingerprint density at radius 2 is 1.77 bits per heavy atom. The minimum Gasteiger partial charge on any atom is -0.342 e. The maximum Gasteiger partial charge on any atom is 0.433 e. The van der Waals surface area contributed by atoms with Gasteiger partial charge in [-0.25, -0.2) is 15.0 Å². The van der Waals surface area contributed by atoms with Gasteiger partial charge in [0.05, 0.1) is 5.69 Å². The number of nitrogens with one attached hydrogen (secondary N) is 1. The van der Waals surface area contributed by atoms with Gasteiger partial charge < -0.3 is 4.98 Å². The van der Waals surface area contributed by atoms with Crippen LogP contribution >= 0.6 is 11.6 Å². The van der Waals surface area contributed by atoms with Crippen LogP contribution in [0.2, 0.25) is 5.02 Å². The number of aromatic amines is 1. The van der Waals surface area contributed by atoms with Crippen LogP contribution in [-0.2, 0) is 6.18 Å². The lowest BCUT2D eigenvalue weighted by molar-refractivity contribution is -0.141. The molecule has 0 saturated heterocycles. The predicted molar refractivity (Wildman–Crippen MR) is 75.1 cm³/mol. The summed E-state index contributed by atoms with van der Waals surface area (Å²) in [6.07, 6.45) is -1.67. The number of hydrogen-bond acceptors (Lipinski definition) is 3. The molecule has 8 heteroatoms. The van der Waals surface area contributed by atoms with Gasteiger partial charge in [-0.3, -0.25) is 0 Å². The molecule has 0 aliphatic rings. The maximum atomic E-state index is 13.0. The first-order chi connectivity index (χ1) is 10.4. The Morgan fingerprint density at radius 1 is 1.05 bits per heavy atom. The van der Waals surface area contributed by atoms with Gasteiger partial charge in [0.15, 0.2) is 11.6 Å². The van der Waals surface area contributed by atoms with Crippen molar-refractivity contribution in [2.24, 2.45) is 0 Å². The van der Waals surface area contributed by atoms with Gasteiger partial charge in [-0.1, -0.05) is 23.7 Å². The van der Waals surface area contributed by atoms with Crippen LogP contribution in [0.15, 0.2) is 42.7 Å². The summed E-state index contributed by atoms with van der Waals surface area (Å²) in [6, 6.07) is 7.25. The number of H-pyrrole nitrogens is 1. The Kier molecular flexibility index (Phi) is 3.58. The molecular weight excluding hydrogens is 317 g/mol. The molecule has 4 nitrogen and oxygen atoms in total. The second kappa shape index (κ2) is 5.42. The summed E-state index contributed by atoms with van der Waals surface area (Å²) in [7, 11) is 0. The number of hydrogen-bond donors (Lipinski definition) is 1. The molecule has 0 radical (unpaired) electrons. The van der Waals surface area contributed by atoms with Crippen molar-refractivity contribution in [3.05, 3.63) is 53.4 Å². The molecule has 2 aromatic heterocycles. The Bertz CT molecular complexity index is 783. The molecule has 0 bridgehead atoms. The van der Waals surface area contributed by atoms with E-state index in [0.717, 1.165) is 6.07 Å². The highest BCUT2D eigenvalue weighted by atomic mass is 35.5. The second-order valence-corrected chi connectivity index (χ2v) is 4.84. The normalized spacial score (nSPS) is 11.6. The standard InChI is InChI=1S/C14H8ClF3N4/c15-9-3-1-8(2-4-9)10-7-11(14(16,17)18)22-13(21-10)12-19-5-6-20-12/h1-7H,(H,19,20). The first-order valence-corrected chi connectivity index (χ1v) is 6.53. The van der Waals surface area contributed by atoms with E-state index in [9.17, 15) is 13.2 Å². The first kappa shape index (κ1) is 14.5. The molecule has 0 amide bonds. The van der Waals surface area contributed by atoms with E-state index in [0.29, 0.717) is 10.6 Å². The molecule has 0 fully saturated rings. The lowest BCUT2D eigenvalue weighted by Crippen LogP contribution is -2.10. The van der Waals surface area contributed by atoms with Crippen LogP contribution in [0, 0.1) is 0 Å². The third-order valence-corrected chi connectivity index (χ3v) is 3.12. The van der Waals surface area contributed by atoms with E-state index in [1.807, 2.05) is 0 Å². The number of nitrogens with zero attached hydrogens (tertiary/aromatic N) is 3. The van der Waals surface area contributed by atoms with E-state index in [1.54, 1.807) is 24.3 Å². The van der Waals surface area contributed by atoms with Crippen molar-refractivity contribution < 1.29 is 13.2 Å². The smallest absolute Gasteiger partial charge is 0.342 e. The third kappa shape index (κ3) is 2.94. The monoisotopic (exact) mass is 324 g/mol. The number of aromatic nitrogens is 4. The van der Waals surface area contributed by atoms with Crippen molar-refractivity contribution in [3.63, 3.8) is 0 Å². The Hall–Kier alpha value is -2.41. The summed E-state index contributed by atoms with van der Waals surface area (Å²) in [5.41, 5.74) is -0.380. The number of imidazole rings is 1. The molecule has 0 aliphatic carbocycles. The zero-order valence-corrected chi connectivity index (χ0v) is 11.7. The largest absolute Gasteiger partial charge is 0.433 e. The van der Waals surface area contributed by atoms with Crippen LogP contribution in [0.25, 0.3) is 22.9 Å². The number of benzene rings is 1. The van der Waals surface area contributed by atoms with Gasteiger partial charge in [-0.05, 0) is 18.2 Å². The molecule has 22 heavy (non-hydrogen) atoms. The highest BCUT2D eigenvalue weighted by molar-refractivity contribution is 6.30. The zero-order chi connectivity index (χ0) is 15.7. The fraction of sp³-hybridized carbons (Fsp3) is 0.0714. The third-order valence-electron chi connectivity index (χ3n) is 2.87. The molecule has 0 spiro atoms. The maximum absolute atomic E-state index is 13.0. The fourth-order valence-electron chi connectivity index (χ4n) is 1.85. The van der Waals surface area contributed by atoms with Gasteiger partial charge in [0.25, 0.3) is 0 Å². The topological polar surface area (TPSA) is 54.5 Å². The molecule has 0 saturated carbocycles. The minimum absolute atomic E-state index is 0.121. The summed E-state index contributed by atoms with van der Waals surface area (Å²) in [6.45, 7) is 0. The Morgan fingerprint density at radius 3 is 2.36 bits per heavy atom. The highest BCUT2D eigenvalue weighted by Gasteiger charge is 2.34. The first-order valence-electron chi connectivity index (χ1n) is 6.15. The molecule has 0 unspecified atom stereocenters. The van der Waals surface area contributed by atoms with E-state index in [1.165, 1.54) is 12.4 Å². The van der Waals surface area contributed by atoms with Crippen LogP contribution in [0.5, 0.6) is 0 Å². The van der Waals surface area contributed by atoms with Gasteiger partial charge in [-0.15, -0.1) is 0 Å². The zero-order valence-electron chi connectivity index (χ0n) is 10.9. The van der Waals surface area contributed by atoms with Crippen LogP contribution < -0.4 is 0 Å². The van der Waals surface area contributed by atoms with E-state index < -0.39 is 11.9 Å².